The Balaban J connectivity index is 1.44. The standard InChI is InChI=1S/C23H28N2O4/c1-15(24)17-6-7-18-13-25(23(26)20(18)11-17)12-16-5-8-21(22(10-16)27-2)29-14-19-4-3-9-28-19/h5-8,10-11,15,19H,3-4,9,12-14,24H2,1-2H3. The minimum absolute atomic E-state index is 0.0418. The van der Waals surface area contributed by atoms with Crippen molar-refractivity contribution in [3.8, 4) is 11.5 Å². The smallest absolute Gasteiger partial charge is 0.254 e. The Labute approximate surface area is 171 Å². The summed E-state index contributed by atoms with van der Waals surface area (Å²) in [5, 5.41) is 0. The maximum atomic E-state index is 12.9. The molecular weight excluding hydrogens is 368 g/mol. The Morgan fingerprint density at radius 2 is 2.10 bits per heavy atom. The zero-order chi connectivity index (χ0) is 20.4. The molecule has 2 N–H and O–H groups in total. The zero-order valence-electron chi connectivity index (χ0n) is 17.0. The molecule has 2 heterocycles. The van der Waals surface area contributed by atoms with Crippen LogP contribution in [0.2, 0.25) is 0 Å². The highest BCUT2D eigenvalue weighted by Crippen LogP contribution is 2.31. The predicted molar refractivity (Wildman–Crippen MR) is 110 cm³/mol. The third kappa shape index (κ3) is 4.23. The van der Waals surface area contributed by atoms with Gasteiger partial charge >= 0.3 is 0 Å². The van der Waals surface area contributed by atoms with E-state index >= 15 is 0 Å². The van der Waals surface area contributed by atoms with Crippen LogP contribution in [0.4, 0.5) is 0 Å². The van der Waals surface area contributed by atoms with E-state index in [0.717, 1.165) is 41.7 Å². The summed E-state index contributed by atoms with van der Waals surface area (Å²) in [5.41, 5.74) is 9.74. The van der Waals surface area contributed by atoms with Crippen LogP contribution in [-0.4, -0.2) is 37.2 Å². The third-order valence-corrected chi connectivity index (χ3v) is 5.59. The lowest BCUT2D eigenvalue weighted by molar-refractivity contribution is 0.0669. The first kappa shape index (κ1) is 19.7. The maximum absolute atomic E-state index is 12.9. The second-order valence-corrected chi connectivity index (χ2v) is 7.80. The summed E-state index contributed by atoms with van der Waals surface area (Å²) in [4.78, 5) is 14.7. The fourth-order valence-electron chi connectivity index (χ4n) is 3.90. The summed E-state index contributed by atoms with van der Waals surface area (Å²) in [6.45, 7) is 4.38. The molecule has 2 aromatic rings. The van der Waals surface area contributed by atoms with Crippen molar-refractivity contribution in [2.75, 3.05) is 20.3 Å². The van der Waals surface area contributed by atoms with Gasteiger partial charge in [0.2, 0.25) is 0 Å². The van der Waals surface area contributed by atoms with Crippen molar-refractivity contribution in [2.24, 2.45) is 5.73 Å². The van der Waals surface area contributed by atoms with E-state index in [-0.39, 0.29) is 18.1 Å². The lowest BCUT2D eigenvalue weighted by Crippen LogP contribution is -2.23. The fraction of sp³-hybridized carbons (Fsp3) is 0.435. The van der Waals surface area contributed by atoms with Crippen molar-refractivity contribution in [3.05, 3.63) is 58.7 Å². The number of carbonyl (C=O) groups is 1. The zero-order valence-corrected chi connectivity index (χ0v) is 17.0. The van der Waals surface area contributed by atoms with E-state index in [9.17, 15) is 4.79 Å². The minimum atomic E-state index is -0.0893. The van der Waals surface area contributed by atoms with E-state index in [2.05, 4.69) is 0 Å². The first-order chi connectivity index (χ1) is 14.0. The van der Waals surface area contributed by atoms with Gasteiger partial charge in [0.1, 0.15) is 6.61 Å². The molecular formula is C23H28N2O4. The molecule has 0 spiro atoms. The third-order valence-electron chi connectivity index (χ3n) is 5.59. The molecule has 154 valence electrons. The van der Waals surface area contributed by atoms with Gasteiger partial charge in [0.15, 0.2) is 11.5 Å². The van der Waals surface area contributed by atoms with Gasteiger partial charge in [-0.2, -0.15) is 0 Å². The van der Waals surface area contributed by atoms with Crippen LogP contribution in [-0.2, 0) is 17.8 Å². The van der Waals surface area contributed by atoms with Gasteiger partial charge in [0.25, 0.3) is 5.91 Å². The average Bonchev–Trinajstić information content (AvgIpc) is 3.35. The van der Waals surface area contributed by atoms with Gasteiger partial charge in [0, 0.05) is 31.3 Å². The molecule has 4 rings (SSSR count). The number of nitrogens with zero attached hydrogens (tertiary/aromatic N) is 1. The molecule has 0 saturated carbocycles. The van der Waals surface area contributed by atoms with E-state index < -0.39 is 0 Å². The molecule has 0 aliphatic carbocycles. The summed E-state index contributed by atoms with van der Waals surface area (Å²) < 4.78 is 17.0. The molecule has 1 saturated heterocycles. The van der Waals surface area contributed by atoms with Gasteiger partial charge in [-0.05, 0) is 54.7 Å². The van der Waals surface area contributed by atoms with Crippen LogP contribution >= 0.6 is 0 Å². The van der Waals surface area contributed by atoms with E-state index in [1.807, 2.05) is 48.2 Å². The summed E-state index contributed by atoms with van der Waals surface area (Å²) in [6, 6.07) is 11.7. The van der Waals surface area contributed by atoms with Crippen molar-refractivity contribution >= 4 is 5.91 Å². The normalized spacial score (nSPS) is 19.3. The molecule has 0 aromatic heterocycles. The number of rotatable bonds is 7. The topological polar surface area (TPSA) is 74.0 Å². The Kier molecular flexibility index (Phi) is 5.74. The maximum Gasteiger partial charge on any atom is 0.254 e. The summed E-state index contributed by atoms with van der Waals surface area (Å²) in [6.07, 6.45) is 2.27. The van der Waals surface area contributed by atoms with Crippen LogP contribution in [0.5, 0.6) is 11.5 Å². The predicted octanol–water partition coefficient (Wildman–Crippen LogP) is 3.43. The Bertz CT molecular complexity index is 890. The number of benzene rings is 2. The lowest BCUT2D eigenvalue weighted by atomic mass is 10.0. The molecule has 29 heavy (non-hydrogen) atoms. The molecule has 1 fully saturated rings. The Morgan fingerprint density at radius 3 is 2.83 bits per heavy atom. The van der Waals surface area contributed by atoms with E-state index in [0.29, 0.717) is 31.2 Å². The number of hydrogen-bond donors (Lipinski definition) is 1. The molecule has 2 aliphatic heterocycles. The molecule has 2 aliphatic rings. The monoisotopic (exact) mass is 396 g/mol. The van der Waals surface area contributed by atoms with Crippen LogP contribution < -0.4 is 15.2 Å². The molecule has 6 nitrogen and oxygen atoms in total. The van der Waals surface area contributed by atoms with Gasteiger partial charge in [-0.25, -0.2) is 0 Å². The van der Waals surface area contributed by atoms with E-state index in [4.69, 9.17) is 19.9 Å². The van der Waals surface area contributed by atoms with E-state index in [1.54, 1.807) is 7.11 Å². The first-order valence-corrected chi connectivity index (χ1v) is 10.1. The fourth-order valence-corrected chi connectivity index (χ4v) is 3.90. The second-order valence-electron chi connectivity index (χ2n) is 7.80. The highest BCUT2D eigenvalue weighted by atomic mass is 16.5. The quantitative estimate of drug-likeness (QED) is 0.776. The summed E-state index contributed by atoms with van der Waals surface area (Å²) in [7, 11) is 1.63. The van der Waals surface area contributed by atoms with Crippen LogP contribution in [0.25, 0.3) is 0 Å². The Morgan fingerprint density at radius 1 is 1.24 bits per heavy atom. The first-order valence-electron chi connectivity index (χ1n) is 10.1. The van der Waals surface area contributed by atoms with Crippen LogP contribution in [0.3, 0.4) is 0 Å². The molecule has 0 radical (unpaired) electrons. The Hall–Kier alpha value is -2.57. The van der Waals surface area contributed by atoms with Gasteiger partial charge < -0.3 is 24.8 Å². The molecule has 0 bridgehead atoms. The van der Waals surface area contributed by atoms with Crippen molar-refractivity contribution in [1.82, 2.24) is 4.90 Å². The van der Waals surface area contributed by atoms with Crippen LogP contribution in [0.15, 0.2) is 36.4 Å². The number of amides is 1. The number of methoxy groups -OCH3 is 1. The van der Waals surface area contributed by atoms with Crippen molar-refractivity contribution < 1.29 is 19.0 Å². The highest BCUT2D eigenvalue weighted by Gasteiger charge is 2.28. The average molecular weight is 396 g/mol. The summed E-state index contributed by atoms with van der Waals surface area (Å²) >= 11 is 0. The lowest BCUT2D eigenvalue weighted by Gasteiger charge is -2.18. The molecule has 1 amide bonds. The molecule has 2 unspecified atom stereocenters. The molecule has 2 atom stereocenters. The van der Waals surface area contributed by atoms with Gasteiger partial charge in [-0.3, -0.25) is 4.79 Å². The SMILES string of the molecule is COc1cc(CN2Cc3ccc(C(C)N)cc3C2=O)ccc1OCC1CCCO1. The minimum Gasteiger partial charge on any atom is -0.493 e. The number of ether oxygens (including phenoxy) is 3. The highest BCUT2D eigenvalue weighted by molar-refractivity contribution is 5.98. The summed E-state index contributed by atoms with van der Waals surface area (Å²) in [5.74, 6) is 1.41. The van der Waals surface area contributed by atoms with Gasteiger partial charge in [-0.1, -0.05) is 18.2 Å². The number of nitrogens with two attached hydrogens (primary N) is 1. The second kappa shape index (κ2) is 8.43. The van der Waals surface area contributed by atoms with Crippen molar-refractivity contribution in [2.45, 2.75) is 45.0 Å². The van der Waals surface area contributed by atoms with Crippen LogP contribution in [0.1, 0.15) is 52.9 Å². The number of fused-ring (bicyclic) bond motifs is 1. The van der Waals surface area contributed by atoms with E-state index in [1.165, 1.54) is 0 Å². The van der Waals surface area contributed by atoms with Gasteiger partial charge in [0.05, 0.1) is 13.2 Å². The number of carbonyl (C=O) groups excluding carboxylic acids is 1. The van der Waals surface area contributed by atoms with Crippen molar-refractivity contribution in [3.63, 3.8) is 0 Å². The largest absolute Gasteiger partial charge is 0.493 e. The molecule has 6 heteroatoms. The number of hydrogen-bond acceptors (Lipinski definition) is 5. The van der Waals surface area contributed by atoms with Gasteiger partial charge in [-0.15, -0.1) is 0 Å². The molecule has 2 aromatic carbocycles. The van der Waals surface area contributed by atoms with Crippen molar-refractivity contribution in [1.29, 1.82) is 0 Å². The van der Waals surface area contributed by atoms with Crippen LogP contribution in [0, 0.1) is 0 Å².